The standard InChI is InChI=1S/C19H20ClN3O4S2/c1-11(13-5-3-4-6-14(13)23-29(2,26)27)21-18(24)10-17-19(25)22-15-9-12(20)7-8-16(15)28-17/h3-9,11,17,23H,10H2,1-2H3,(H,21,24)(H,22,25). The molecular weight excluding hydrogens is 434 g/mol. The molecule has 0 saturated carbocycles. The molecule has 1 aliphatic rings. The molecule has 2 aromatic carbocycles. The largest absolute Gasteiger partial charge is 0.349 e. The van der Waals surface area contributed by atoms with Crippen LogP contribution in [0.5, 0.6) is 0 Å². The van der Waals surface area contributed by atoms with Gasteiger partial charge in [-0.2, -0.15) is 0 Å². The predicted molar refractivity (Wildman–Crippen MR) is 116 cm³/mol. The van der Waals surface area contributed by atoms with Crippen molar-refractivity contribution in [1.29, 1.82) is 0 Å². The van der Waals surface area contributed by atoms with Crippen LogP contribution in [0.3, 0.4) is 0 Å². The van der Waals surface area contributed by atoms with Gasteiger partial charge in [-0.3, -0.25) is 14.3 Å². The fraction of sp³-hybridized carbons (Fsp3) is 0.263. The van der Waals surface area contributed by atoms with E-state index in [2.05, 4.69) is 15.4 Å². The number of thioether (sulfide) groups is 1. The third-order valence-corrected chi connectivity index (χ3v) is 6.33. The number of carbonyl (C=O) groups is 2. The lowest BCUT2D eigenvalue weighted by atomic mass is 10.1. The monoisotopic (exact) mass is 453 g/mol. The van der Waals surface area contributed by atoms with Crippen molar-refractivity contribution < 1.29 is 18.0 Å². The van der Waals surface area contributed by atoms with Gasteiger partial charge in [-0.05, 0) is 36.8 Å². The first-order valence-corrected chi connectivity index (χ1v) is 11.9. The Balaban J connectivity index is 1.67. The maximum Gasteiger partial charge on any atom is 0.238 e. The third-order valence-electron chi connectivity index (χ3n) is 4.23. The van der Waals surface area contributed by atoms with E-state index in [1.807, 2.05) is 6.07 Å². The van der Waals surface area contributed by atoms with Gasteiger partial charge >= 0.3 is 0 Å². The number of nitrogens with one attached hydrogen (secondary N) is 3. The van der Waals surface area contributed by atoms with Gasteiger partial charge in [0.2, 0.25) is 21.8 Å². The molecule has 0 radical (unpaired) electrons. The number of fused-ring (bicyclic) bond motifs is 1. The molecule has 0 fully saturated rings. The SMILES string of the molecule is CC(NC(=O)CC1Sc2ccc(Cl)cc2NC1=O)c1ccccc1NS(C)(=O)=O. The van der Waals surface area contributed by atoms with Gasteiger partial charge in [0.25, 0.3) is 0 Å². The van der Waals surface area contributed by atoms with E-state index in [-0.39, 0.29) is 18.2 Å². The second-order valence-corrected chi connectivity index (χ2v) is 10.1. The summed E-state index contributed by atoms with van der Waals surface area (Å²) in [5.41, 5.74) is 1.67. The van der Waals surface area contributed by atoms with Crippen LogP contribution in [-0.2, 0) is 19.6 Å². The van der Waals surface area contributed by atoms with Crippen LogP contribution in [0.4, 0.5) is 11.4 Å². The summed E-state index contributed by atoms with van der Waals surface area (Å²) in [6, 6.07) is 11.6. The van der Waals surface area contributed by atoms with Crippen LogP contribution in [0.25, 0.3) is 0 Å². The van der Waals surface area contributed by atoms with Crippen LogP contribution >= 0.6 is 23.4 Å². The number of rotatable bonds is 6. The summed E-state index contributed by atoms with van der Waals surface area (Å²) in [7, 11) is -3.45. The van der Waals surface area contributed by atoms with Crippen molar-refractivity contribution in [3.05, 3.63) is 53.1 Å². The lowest BCUT2D eigenvalue weighted by molar-refractivity contribution is -0.124. The zero-order valence-electron chi connectivity index (χ0n) is 15.7. The summed E-state index contributed by atoms with van der Waals surface area (Å²) >= 11 is 7.26. The van der Waals surface area contributed by atoms with Gasteiger partial charge in [0.15, 0.2) is 0 Å². The molecule has 0 bridgehead atoms. The minimum absolute atomic E-state index is 0.00935. The maximum absolute atomic E-state index is 12.5. The Morgan fingerprint density at radius 3 is 2.72 bits per heavy atom. The zero-order valence-corrected chi connectivity index (χ0v) is 18.1. The van der Waals surface area contributed by atoms with E-state index < -0.39 is 21.3 Å². The molecule has 10 heteroatoms. The van der Waals surface area contributed by atoms with E-state index in [1.165, 1.54) is 11.8 Å². The minimum atomic E-state index is -3.45. The maximum atomic E-state index is 12.5. The average molecular weight is 454 g/mol. The molecule has 0 spiro atoms. The normalized spacial score (nSPS) is 17.1. The van der Waals surface area contributed by atoms with Gasteiger partial charge in [0.05, 0.1) is 28.9 Å². The summed E-state index contributed by atoms with van der Waals surface area (Å²) in [4.78, 5) is 25.7. The fourth-order valence-corrected chi connectivity index (χ4v) is 4.82. The number of hydrogen-bond acceptors (Lipinski definition) is 5. The van der Waals surface area contributed by atoms with Crippen LogP contribution in [0, 0.1) is 0 Å². The van der Waals surface area contributed by atoms with Crippen molar-refractivity contribution in [2.75, 3.05) is 16.3 Å². The lowest BCUT2D eigenvalue weighted by Gasteiger charge is -2.25. The van der Waals surface area contributed by atoms with Gasteiger partial charge in [-0.25, -0.2) is 8.42 Å². The quantitative estimate of drug-likeness (QED) is 0.621. The minimum Gasteiger partial charge on any atom is -0.349 e. The highest BCUT2D eigenvalue weighted by Gasteiger charge is 2.29. The Bertz CT molecular complexity index is 1060. The number of hydrogen-bond donors (Lipinski definition) is 3. The molecule has 3 N–H and O–H groups in total. The van der Waals surface area contributed by atoms with E-state index >= 15 is 0 Å². The highest BCUT2D eigenvalue weighted by Crippen LogP contribution is 2.38. The van der Waals surface area contributed by atoms with E-state index in [9.17, 15) is 18.0 Å². The van der Waals surface area contributed by atoms with E-state index in [0.29, 0.717) is 22.0 Å². The number of amides is 2. The number of anilines is 2. The van der Waals surface area contributed by atoms with Gasteiger partial charge in [0, 0.05) is 16.3 Å². The number of halogens is 1. The second kappa shape index (κ2) is 8.64. The molecule has 2 unspecified atom stereocenters. The predicted octanol–water partition coefficient (Wildman–Crippen LogP) is 3.39. The number of sulfonamides is 1. The molecule has 1 aliphatic heterocycles. The highest BCUT2D eigenvalue weighted by molar-refractivity contribution is 8.01. The first kappa shape index (κ1) is 21.5. The summed E-state index contributed by atoms with van der Waals surface area (Å²) in [6.45, 7) is 1.76. The zero-order chi connectivity index (χ0) is 21.2. The molecule has 1 heterocycles. The molecule has 0 saturated heterocycles. The van der Waals surface area contributed by atoms with Crippen molar-refractivity contribution in [3.63, 3.8) is 0 Å². The molecule has 154 valence electrons. The molecule has 29 heavy (non-hydrogen) atoms. The lowest BCUT2D eigenvalue weighted by Crippen LogP contribution is -2.36. The van der Waals surface area contributed by atoms with E-state index in [0.717, 1.165) is 11.2 Å². The first-order chi connectivity index (χ1) is 13.6. The average Bonchev–Trinajstić information content (AvgIpc) is 2.61. The molecule has 0 aromatic heterocycles. The van der Waals surface area contributed by atoms with Crippen molar-refractivity contribution in [3.8, 4) is 0 Å². The molecule has 3 rings (SSSR count). The Hall–Kier alpha value is -2.23. The summed E-state index contributed by atoms with van der Waals surface area (Å²) < 4.78 is 25.6. The first-order valence-electron chi connectivity index (χ1n) is 8.75. The van der Waals surface area contributed by atoms with Crippen LogP contribution < -0.4 is 15.4 Å². The summed E-state index contributed by atoms with van der Waals surface area (Å²) in [5, 5.41) is 5.57. The number of benzene rings is 2. The molecule has 2 amide bonds. The summed E-state index contributed by atoms with van der Waals surface area (Å²) in [6.07, 6.45) is 1.06. The third kappa shape index (κ3) is 5.65. The van der Waals surface area contributed by atoms with Crippen LogP contribution in [0.15, 0.2) is 47.4 Å². The molecule has 7 nitrogen and oxygen atoms in total. The Morgan fingerprint density at radius 2 is 2.00 bits per heavy atom. The van der Waals surface area contributed by atoms with Gasteiger partial charge in [-0.1, -0.05) is 29.8 Å². The highest BCUT2D eigenvalue weighted by atomic mass is 35.5. The van der Waals surface area contributed by atoms with Gasteiger partial charge < -0.3 is 10.6 Å². The van der Waals surface area contributed by atoms with E-state index in [1.54, 1.807) is 43.3 Å². The molecule has 2 atom stereocenters. The second-order valence-electron chi connectivity index (χ2n) is 6.69. The van der Waals surface area contributed by atoms with Gasteiger partial charge in [0.1, 0.15) is 0 Å². The fourth-order valence-electron chi connectivity index (χ4n) is 2.97. The molecule has 2 aromatic rings. The Kier molecular flexibility index (Phi) is 6.40. The molecular formula is C19H20ClN3O4S2. The number of carbonyl (C=O) groups excluding carboxylic acids is 2. The number of para-hydroxylation sites is 1. The van der Waals surface area contributed by atoms with Crippen molar-refractivity contribution in [1.82, 2.24) is 5.32 Å². The molecule has 0 aliphatic carbocycles. The smallest absolute Gasteiger partial charge is 0.238 e. The van der Waals surface area contributed by atoms with Crippen LogP contribution in [0.2, 0.25) is 5.02 Å². The van der Waals surface area contributed by atoms with Crippen molar-refractivity contribution in [2.45, 2.75) is 29.5 Å². The Morgan fingerprint density at radius 1 is 1.28 bits per heavy atom. The van der Waals surface area contributed by atoms with Crippen LogP contribution in [0.1, 0.15) is 24.9 Å². The van der Waals surface area contributed by atoms with Crippen LogP contribution in [-0.4, -0.2) is 31.7 Å². The van der Waals surface area contributed by atoms with Crippen molar-refractivity contribution in [2.24, 2.45) is 0 Å². The van der Waals surface area contributed by atoms with Crippen molar-refractivity contribution >= 4 is 56.6 Å². The summed E-state index contributed by atoms with van der Waals surface area (Å²) in [5.74, 6) is -0.566. The van der Waals surface area contributed by atoms with Gasteiger partial charge in [-0.15, -0.1) is 11.8 Å². The topological polar surface area (TPSA) is 104 Å². The Labute approximate surface area is 178 Å². The van der Waals surface area contributed by atoms with E-state index in [4.69, 9.17) is 11.6 Å².